The summed E-state index contributed by atoms with van der Waals surface area (Å²) < 4.78 is 5.89. The molecule has 2 N–H and O–H groups in total. The Morgan fingerprint density at radius 3 is 2.84 bits per heavy atom. The molecule has 1 heterocycles. The first kappa shape index (κ1) is 12.7. The molecule has 0 saturated carbocycles. The molecule has 1 aliphatic rings. The van der Waals surface area contributed by atoms with Crippen LogP contribution < -0.4 is 5.73 Å². The quantitative estimate of drug-likeness (QED) is 0.906. The third-order valence-corrected chi connectivity index (χ3v) is 3.83. The Balaban J connectivity index is 1.95. The number of benzene rings is 2. The van der Waals surface area contributed by atoms with E-state index in [1.165, 1.54) is 11.1 Å². The van der Waals surface area contributed by atoms with Gasteiger partial charge in [0, 0.05) is 5.02 Å². The maximum atomic E-state index is 6.37. The SMILES string of the molecule is NC(c1cccc(Cl)c1)C1OCCc2ccccc21. The summed E-state index contributed by atoms with van der Waals surface area (Å²) in [5.41, 5.74) is 9.90. The zero-order valence-electron chi connectivity index (χ0n) is 10.6. The van der Waals surface area contributed by atoms with Gasteiger partial charge in [-0.15, -0.1) is 0 Å². The third-order valence-electron chi connectivity index (χ3n) is 3.59. The van der Waals surface area contributed by atoms with Gasteiger partial charge in [0.05, 0.1) is 12.6 Å². The van der Waals surface area contributed by atoms with E-state index < -0.39 is 0 Å². The second-order valence-corrected chi connectivity index (χ2v) is 5.26. The van der Waals surface area contributed by atoms with E-state index in [2.05, 4.69) is 18.2 Å². The molecule has 0 aromatic heterocycles. The molecule has 3 heteroatoms. The Morgan fingerprint density at radius 2 is 2.00 bits per heavy atom. The number of rotatable bonds is 2. The fourth-order valence-electron chi connectivity index (χ4n) is 2.61. The fraction of sp³-hybridized carbons (Fsp3) is 0.250. The molecule has 19 heavy (non-hydrogen) atoms. The van der Waals surface area contributed by atoms with E-state index in [4.69, 9.17) is 22.1 Å². The van der Waals surface area contributed by atoms with Gasteiger partial charge in [-0.3, -0.25) is 0 Å². The van der Waals surface area contributed by atoms with Crippen LogP contribution in [0.4, 0.5) is 0 Å². The first-order valence-electron chi connectivity index (χ1n) is 6.46. The molecule has 2 aromatic carbocycles. The lowest BCUT2D eigenvalue weighted by Crippen LogP contribution is -2.27. The number of hydrogen-bond acceptors (Lipinski definition) is 2. The van der Waals surface area contributed by atoms with Crippen molar-refractivity contribution < 1.29 is 4.74 Å². The number of ether oxygens (including phenoxy) is 1. The predicted octanol–water partition coefficient (Wildman–Crippen LogP) is 3.65. The molecule has 0 aliphatic carbocycles. The maximum Gasteiger partial charge on any atom is 0.102 e. The number of fused-ring (bicyclic) bond motifs is 1. The van der Waals surface area contributed by atoms with Crippen LogP contribution in [0, 0.1) is 0 Å². The Kier molecular flexibility index (Phi) is 3.56. The summed E-state index contributed by atoms with van der Waals surface area (Å²) in [5, 5.41) is 0.706. The smallest absolute Gasteiger partial charge is 0.102 e. The van der Waals surface area contributed by atoms with Gasteiger partial charge in [-0.1, -0.05) is 48.0 Å². The van der Waals surface area contributed by atoms with E-state index in [9.17, 15) is 0 Å². The van der Waals surface area contributed by atoms with E-state index in [1.54, 1.807) is 0 Å². The third kappa shape index (κ3) is 2.52. The molecule has 2 unspecified atom stereocenters. The summed E-state index contributed by atoms with van der Waals surface area (Å²) in [5.74, 6) is 0. The normalized spacial score (nSPS) is 19.8. The monoisotopic (exact) mass is 273 g/mol. The molecule has 0 spiro atoms. The molecule has 0 radical (unpaired) electrons. The van der Waals surface area contributed by atoms with Crippen LogP contribution in [0.15, 0.2) is 48.5 Å². The van der Waals surface area contributed by atoms with Gasteiger partial charge in [-0.05, 0) is 35.2 Å². The van der Waals surface area contributed by atoms with E-state index in [0.29, 0.717) is 5.02 Å². The van der Waals surface area contributed by atoms with Crippen molar-refractivity contribution in [2.24, 2.45) is 5.73 Å². The van der Waals surface area contributed by atoms with Gasteiger partial charge in [0.1, 0.15) is 6.10 Å². The van der Waals surface area contributed by atoms with E-state index in [-0.39, 0.29) is 12.1 Å². The molecule has 0 amide bonds. The molecule has 0 saturated heterocycles. The lowest BCUT2D eigenvalue weighted by atomic mass is 9.90. The topological polar surface area (TPSA) is 35.2 Å². The highest BCUT2D eigenvalue weighted by molar-refractivity contribution is 6.30. The lowest BCUT2D eigenvalue weighted by molar-refractivity contribution is 0.0241. The van der Waals surface area contributed by atoms with Gasteiger partial charge in [-0.25, -0.2) is 0 Å². The Morgan fingerprint density at radius 1 is 1.16 bits per heavy atom. The number of halogens is 1. The summed E-state index contributed by atoms with van der Waals surface area (Å²) in [7, 11) is 0. The highest BCUT2D eigenvalue weighted by atomic mass is 35.5. The summed E-state index contributed by atoms with van der Waals surface area (Å²) in [6.45, 7) is 0.718. The summed E-state index contributed by atoms with van der Waals surface area (Å²) in [4.78, 5) is 0. The van der Waals surface area contributed by atoms with Crippen molar-refractivity contribution in [1.29, 1.82) is 0 Å². The fourth-order valence-corrected chi connectivity index (χ4v) is 2.81. The zero-order chi connectivity index (χ0) is 13.2. The van der Waals surface area contributed by atoms with Gasteiger partial charge >= 0.3 is 0 Å². The molecular weight excluding hydrogens is 258 g/mol. The highest BCUT2D eigenvalue weighted by Gasteiger charge is 2.27. The second kappa shape index (κ2) is 5.33. The number of nitrogens with two attached hydrogens (primary N) is 1. The molecule has 0 fully saturated rings. The molecule has 2 nitrogen and oxygen atoms in total. The van der Waals surface area contributed by atoms with Crippen LogP contribution in [0.2, 0.25) is 5.02 Å². The molecule has 98 valence electrons. The Hall–Kier alpha value is -1.35. The minimum Gasteiger partial charge on any atom is -0.371 e. The van der Waals surface area contributed by atoms with Crippen LogP contribution in [0.5, 0.6) is 0 Å². The van der Waals surface area contributed by atoms with Crippen molar-refractivity contribution in [2.45, 2.75) is 18.6 Å². The van der Waals surface area contributed by atoms with Crippen molar-refractivity contribution in [3.8, 4) is 0 Å². The van der Waals surface area contributed by atoms with Crippen LogP contribution in [-0.2, 0) is 11.2 Å². The van der Waals surface area contributed by atoms with E-state index >= 15 is 0 Å². The average molecular weight is 274 g/mol. The van der Waals surface area contributed by atoms with Crippen molar-refractivity contribution >= 4 is 11.6 Å². The molecular formula is C16H16ClNO. The molecule has 1 aliphatic heterocycles. The van der Waals surface area contributed by atoms with Crippen LogP contribution in [0.1, 0.15) is 28.8 Å². The van der Waals surface area contributed by atoms with Gasteiger partial charge < -0.3 is 10.5 Å². The summed E-state index contributed by atoms with van der Waals surface area (Å²) >= 11 is 6.03. The molecule has 0 bridgehead atoms. The second-order valence-electron chi connectivity index (χ2n) is 4.82. The van der Waals surface area contributed by atoms with Crippen molar-refractivity contribution in [3.63, 3.8) is 0 Å². The minimum absolute atomic E-state index is 0.0941. The number of hydrogen-bond donors (Lipinski definition) is 1. The Bertz CT molecular complexity index is 584. The summed E-state index contributed by atoms with van der Waals surface area (Å²) in [6, 6.07) is 15.8. The lowest BCUT2D eigenvalue weighted by Gasteiger charge is -2.30. The van der Waals surface area contributed by atoms with E-state index in [1.807, 2.05) is 30.3 Å². The van der Waals surface area contributed by atoms with Crippen LogP contribution in [0.3, 0.4) is 0 Å². The standard InChI is InChI=1S/C16H16ClNO/c17-13-6-3-5-12(10-13)15(18)16-14-7-2-1-4-11(14)8-9-19-16/h1-7,10,15-16H,8-9,18H2. The first-order valence-corrected chi connectivity index (χ1v) is 6.84. The van der Waals surface area contributed by atoms with Crippen LogP contribution in [0.25, 0.3) is 0 Å². The van der Waals surface area contributed by atoms with E-state index in [0.717, 1.165) is 18.6 Å². The van der Waals surface area contributed by atoms with Crippen molar-refractivity contribution in [1.82, 2.24) is 0 Å². The van der Waals surface area contributed by atoms with Gasteiger partial charge in [0.15, 0.2) is 0 Å². The Labute approximate surface area is 118 Å². The van der Waals surface area contributed by atoms with Gasteiger partial charge in [0.25, 0.3) is 0 Å². The van der Waals surface area contributed by atoms with Crippen LogP contribution >= 0.6 is 11.6 Å². The minimum atomic E-state index is -0.194. The maximum absolute atomic E-state index is 6.37. The van der Waals surface area contributed by atoms with Crippen molar-refractivity contribution in [3.05, 3.63) is 70.2 Å². The molecule has 2 atom stereocenters. The predicted molar refractivity (Wildman–Crippen MR) is 77.2 cm³/mol. The van der Waals surface area contributed by atoms with Gasteiger partial charge in [0.2, 0.25) is 0 Å². The van der Waals surface area contributed by atoms with Crippen LogP contribution in [-0.4, -0.2) is 6.61 Å². The first-order chi connectivity index (χ1) is 9.25. The largest absolute Gasteiger partial charge is 0.371 e. The van der Waals surface area contributed by atoms with Crippen molar-refractivity contribution in [2.75, 3.05) is 6.61 Å². The summed E-state index contributed by atoms with van der Waals surface area (Å²) in [6.07, 6.45) is 0.859. The zero-order valence-corrected chi connectivity index (χ0v) is 11.3. The highest BCUT2D eigenvalue weighted by Crippen LogP contribution is 2.35. The molecule has 3 rings (SSSR count). The molecule has 2 aromatic rings. The van der Waals surface area contributed by atoms with Gasteiger partial charge in [-0.2, -0.15) is 0 Å². The average Bonchev–Trinajstić information content (AvgIpc) is 2.46.